The molecule has 0 spiro atoms. The van der Waals surface area contributed by atoms with Gasteiger partial charge in [0.1, 0.15) is 0 Å². The molecule has 0 radical (unpaired) electrons. The molecule has 0 aliphatic carbocycles. The average Bonchev–Trinajstić information content (AvgIpc) is 2.46. The van der Waals surface area contributed by atoms with Crippen LogP contribution in [0.1, 0.15) is 5.69 Å². The summed E-state index contributed by atoms with van der Waals surface area (Å²) in [5.41, 5.74) is 9.73. The van der Waals surface area contributed by atoms with Crippen molar-refractivity contribution >= 4 is 10.9 Å². The second kappa shape index (κ2) is 4.55. The lowest BCUT2D eigenvalue weighted by atomic mass is 10.0. The number of hydrogen-bond donors (Lipinski definition) is 1. The van der Waals surface area contributed by atoms with Crippen LogP contribution in [-0.2, 0) is 6.54 Å². The second-order valence-electron chi connectivity index (χ2n) is 4.12. The molecule has 0 bridgehead atoms. The Bertz CT molecular complexity index is 692. The predicted molar refractivity (Wildman–Crippen MR) is 72.9 cm³/mol. The fourth-order valence-corrected chi connectivity index (χ4v) is 2.08. The molecule has 0 aliphatic rings. The van der Waals surface area contributed by atoms with Crippen molar-refractivity contribution in [2.24, 2.45) is 5.73 Å². The van der Waals surface area contributed by atoms with Gasteiger partial charge in [-0.2, -0.15) is 0 Å². The Hall–Kier alpha value is -2.26. The summed E-state index contributed by atoms with van der Waals surface area (Å²) in [5, 5.41) is 1.13. The number of rotatable bonds is 2. The third kappa shape index (κ3) is 1.85. The zero-order chi connectivity index (χ0) is 12.4. The van der Waals surface area contributed by atoms with Gasteiger partial charge in [-0.05, 0) is 18.2 Å². The molecule has 3 heteroatoms. The minimum Gasteiger partial charge on any atom is -0.325 e. The molecule has 0 atom stereocenters. The van der Waals surface area contributed by atoms with E-state index in [4.69, 9.17) is 5.73 Å². The minimum atomic E-state index is 0.434. The molecule has 0 amide bonds. The third-order valence-corrected chi connectivity index (χ3v) is 2.99. The van der Waals surface area contributed by atoms with Crippen LogP contribution in [-0.4, -0.2) is 9.97 Å². The zero-order valence-corrected chi connectivity index (χ0v) is 9.88. The SMILES string of the molecule is NCc1ncccc1-c1cnc2ccccc2c1. The first-order chi connectivity index (χ1) is 8.88. The summed E-state index contributed by atoms with van der Waals surface area (Å²) in [4.78, 5) is 8.77. The smallest absolute Gasteiger partial charge is 0.0702 e. The summed E-state index contributed by atoms with van der Waals surface area (Å²) in [6, 6.07) is 14.1. The van der Waals surface area contributed by atoms with Gasteiger partial charge in [0.25, 0.3) is 0 Å². The van der Waals surface area contributed by atoms with Gasteiger partial charge in [0.2, 0.25) is 0 Å². The normalized spacial score (nSPS) is 10.7. The Morgan fingerprint density at radius 1 is 1.00 bits per heavy atom. The van der Waals surface area contributed by atoms with Crippen molar-refractivity contribution < 1.29 is 0 Å². The van der Waals surface area contributed by atoms with Crippen molar-refractivity contribution in [2.45, 2.75) is 6.54 Å². The summed E-state index contributed by atoms with van der Waals surface area (Å²) >= 11 is 0. The number of benzene rings is 1. The molecular formula is C15H13N3. The van der Waals surface area contributed by atoms with Gasteiger partial charge in [0.15, 0.2) is 0 Å². The van der Waals surface area contributed by atoms with Crippen molar-refractivity contribution in [3.05, 3.63) is 60.6 Å². The molecular weight excluding hydrogens is 222 g/mol. The van der Waals surface area contributed by atoms with Gasteiger partial charge >= 0.3 is 0 Å². The third-order valence-electron chi connectivity index (χ3n) is 2.99. The second-order valence-corrected chi connectivity index (χ2v) is 4.12. The lowest BCUT2D eigenvalue weighted by Crippen LogP contribution is -2.01. The van der Waals surface area contributed by atoms with E-state index in [0.29, 0.717) is 6.54 Å². The van der Waals surface area contributed by atoms with Gasteiger partial charge in [-0.15, -0.1) is 0 Å². The number of nitrogens with two attached hydrogens (primary N) is 1. The van der Waals surface area contributed by atoms with Crippen molar-refractivity contribution in [3.8, 4) is 11.1 Å². The number of pyridine rings is 2. The highest BCUT2D eigenvalue weighted by Crippen LogP contribution is 2.24. The van der Waals surface area contributed by atoms with Crippen LogP contribution in [0.25, 0.3) is 22.0 Å². The Labute approximate surface area is 105 Å². The molecule has 2 heterocycles. The molecule has 3 rings (SSSR count). The lowest BCUT2D eigenvalue weighted by Gasteiger charge is -2.07. The summed E-state index contributed by atoms with van der Waals surface area (Å²) in [6.45, 7) is 0.434. The van der Waals surface area contributed by atoms with E-state index < -0.39 is 0 Å². The highest BCUT2D eigenvalue weighted by molar-refractivity contribution is 5.83. The van der Waals surface area contributed by atoms with Crippen molar-refractivity contribution in [1.29, 1.82) is 0 Å². The van der Waals surface area contributed by atoms with Crippen LogP contribution in [0.3, 0.4) is 0 Å². The fourth-order valence-electron chi connectivity index (χ4n) is 2.08. The van der Waals surface area contributed by atoms with Crippen LogP contribution < -0.4 is 5.73 Å². The highest BCUT2D eigenvalue weighted by atomic mass is 14.7. The van der Waals surface area contributed by atoms with Crippen molar-refractivity contribution in [1.82, 2.24) is 9.97 Å². The Morgan fingerprint density at radius 3 is 2.78 bits per heavy atom. The lowest BCUT2D eigenvalue weighted by molar-refractivity contribution is 0.994. The van der Waals surface area contributed by atoms with Gasteiger partial charge in [0.05, 0.1) is 11.2 Å². The first-order valence-corrected chi connectivity index (χ1v) is 5.87. The van der Waals surface area contributed by atoms with E-state index in [1.807, 2.05) is 36.5 Å². The largest absolute Gasteiger partial charge is 0.325 e. The summed E-state index contributed by atoms with van der Waals surface area (Å²) in [5.74, 6) is 0. The van der Waals surface area contributed by atoms with Crippen LogP contribution in [0, 0.1) is 0 Å². The highest BCUT2D eigenvalue weighted by Gasteiger charge is 2.05. The zero-order valence-electron chi connectivity index (χ0n) is 9.88. The summed E-state index contributed by atoms with van der Waals surface area (Å²) < 4.78 is 0. The Morgan fingerprint density at radius 2 is 1.89 bits per heavy atom. The van der Waals surface area contributed by atoms with Gasteiger partial charge in [-0.1, -0.05) is 24.3 Å². The van der Waals surface area contributed by atoms with Gasteiger partial charge in [-0.3, -0.25) is 9.97 Å². The van der Waals surface area contributed by atoms with E-state index in [1.54, 1.807) is 6.20 Å². The topological polar surface area (TPSA) is 51.8 Å². The van der Waals surface area contributed by atoms with Gasteiger partial charge in [-0.25, -0.2) is 0 Å². The maximum absolute atomic E-state index is 5.72. The summed E-state index contributed by atoms with van der Waals surface area (Å²) in [6.07, 6.45) is 3.64. The predicted octanol–water partition coefficient (Wildman–Crippen LogP) is 2.76. The number of nitrogens with zero attached hydrogens (tertiary/aromatic N) is 2. The maximum Gasteiger partial charge on any atom is 0.0702 e. The van der Waals surface area contributed by atoms with E-state index in [1.165, 1.54) is 0 Å². The molecule has 3 nitrogen and oxygen atoms in total. The standard InChI is InChI=1S/C15H13N3/c16-9-15-13(5-3-7-17-15)12-8-11-4-1-2-6-14(11)18-10-12/h1-8,10H,9,16H2. The summed E-state index contributed by atoms with van der Waals surface area (Å²) in [7, 11) is 0. The van der Waals surface area contributed by atoms with E-state index >= 15 is 0 Å². The molecule has 0 aliphatic heterocycles. The van der Waals surface area contributed by atoms with Crippen LogP contribution in [0.15, 0.2) is 54.9 Å². The van der Waals surface area contributed by atoms with E-state index in [0.717, 1.165) is 27.7 Å². The molecule has 2 N–H and O–H groups in total. The molecule has 0 unspecified atom stereocenters. The first kappa shape index (κ1) is 10.9. The maximum atomic E-state index is 5.72. The van der Waals surface area contributed by atoms with Crippen molar-refractivity contribution in [3.63, 3.8) is 0 Å². The van der Waals surface area contributed by atoms with Crippen molar-refractivity contribution in [2.75, 3.05) is 0 Å². The van der Waals surface area contributed by atoms with E-state index in [9.17, 15) is 0 Å². The van der Waals surface area contributed by atoms with E-state index in [-0.39, 0.29) is 0 Å². The van der Waals surface area contributed by atoms with Gasteiger partial charge < -0.3 is 5.73 Å². The molecule has 18 heavy (non-hydrogen) atoms. The Balaban J connectivity index is 2.19. The molecule has 1 aromatic carbocycles. The number of aromatic nitrogens is 2. The monoisotopic (exact) mass is 235 g/mol. The molecule has 88 valence electrons. The fraction of sp³-hybridized carbons (Fsp3) is 0.0667. The molecule has 0 fully saturated rings. The minimum absolute atomic E-state index is 0.434. The van der Waals surface area contributed by atoms with Gasteiger partial charge in [0, 0.05) is 35.5 Å². The first-order valence-electron chi connectivity index (χ1n) is 5.87. The van der Waals surface area contributed by atoms with Crippen LogP contribution in [0.5, 0.6) is 0 Å². The van der Waals surface area contributed by atoms with Crippen LogP contribution >= 0.6 is 0 Å². The molecule has 3 aromatic rings. The number of hydrogen-bond acceptors (Lipinski definition) is 3. The molecule has 0 saturated heterocycles. The molecule has 2 aromatic heterocycles. The quantitative estimate of drug-likeness (QED) is 0.743. The average molecular weight is 235 g/mol. The number of fused-ring (bicyclic) bond motifs is 1. The Kier molecular flexibility index (Phi) is 2.74. The molecule has 0 saturated carbocycles. The van der Waals surface area contributed by atoms with Crippen LogP contribution in [0.2, 0.25) is 0 Å². The number of para-hydroxylation sites is 1. The van der Waals surface area contributed by atoms with E-state index in [2.05, 4.69) is 22.1 Å². The van der Waals surface area contributed by atoms with Crippen LogP contribution in [0.4, 0.5) is 0 Å².